The number of hydrogen-bond acceptors (Lipinski definition) is 6. The molecular formula is C18H22N2O9. The van der Waals surface area contributed by atoms with E-state index in [1.807, 2.05) is 0 Å². The number of carboxylic acid groups (broad SMARTS) is 3. The number of nitrogens with one attached hydrogen (secondary N) is 2. The van der Waals surface area contributed by atoms with Crippen molar-refractivity contribution in [2.24, 2.45) is 0 Å². The van der Waals surface area contributed by atoms with E-state index >= 15 is 0 Å². The summed E-state index contributed by atoms with van der Waals surface area (Å²) < 4.78 is 4.92. The van der Waals surface area contributed by atoms with Crippen LogP contribution in [0.2, 0.25) is 0 Å². The van der Waals surface area contributed by atoms with Crippen molar-refractivity contribution < 1.29 is 44.0 Å². The molecule has 0 saturated carbocycles. The van der Waals surface area contributed by atoms with Crippen LogP contribution in [0.3, 0.4) is 0 Å². The highest BCUT2D eigenvalue weighted by molar-refractivity contribution is 5.85. The predicted octanol–water partition coefficient (Wildman–Crippen LogP) is 0.580. The molecule has 0 heterocycles. The van der Waals surface area contributed by atoms with Crippen LogP contribution in [0.15, 0.2) is 30.3 Å². The van der Waals surface area contributed by atoms with Gasteiger partial charge in [-0.1, -0.05) is 30.3 Å². The fourth-order valence-electron chi connectivity index (χ4n) is 2.23. The first kappa shape index (κ1) is 23.4. The molecule has 1 rings (SSSR count). The van der Waals surface area contributed by atoms with Crippen molar-refractivity contribution >= 4 is 29.9 Å². The third-order valence-electron chi connectivity index (χ3n) is 3.74. The van der Waals surface area contributed by atoms with Crippen LogP contribution in [0.1, 0.15) is 31.2 Å². The summed E-state index contributed by atoms with van der Waals surface area (Å²) in [5, 5.41) is 31.0. The molecule has 0 bridgehead atoms. The SMILES string of the molecule is O=C(O)CC[C@H](NC(=O)CCC(NC(=O)OCc1ccccc1)C(=O)O)C(=O)O. The van der Waals surface area contributed by atoms with Crippen LogP contribution in [0.4, 0.5) is 4.79 Å². The zero-order valence-electron chi connectivity index (χ0n) is 15.4. The van der Waals surface area contributed by atoms with Gasteiger partial charge in [0.15, 0.2) is 0 Å². The summed E-state index contributed by atoms with van der Waals surface area (Å²) in [7, 11) is 0. The van der Waals surface area contributed by atoms with Gasteiger partial charge in [-0.3, -0.25) is 9.59 Å². The van der Waals surface area contributed by atoms with Crippen molar-refractivity contribution in [1.29, 1.82) is 0 Å². The van der Waals surface area contributed by atoms with Gasteiger partial charge < -0.3 is 30.7 Å². The van der Waals surface area contributed by atoms with E-state index in [4.69, 9.17) is 14.9 Å². The number of carbonyl (C=O) groups is 5. The van der Waals surface area contributed by atoms with E-state index in [9.17, 15) is 29.1 Å². The quantitative estimate of drug-likeness (QED) is 0.329. The van der Waals surface area contributed by atoms with Gasteiger partial charge in [0.2, 0.25) is 5.91 Å². The Morgan fingerprint density at radius 1 is 0.828 bits per heavy atom. The monoisotopic (exact) mass is 410 g/mol. The predicted molar refractivity (Wildman–Crippen MR) is 96.9 cm³/mol. The Morgan fingerprint density at radius 3 is 1.93 bits per heavy atom. The standard InChI is InChI=1S/C18H22N2O9/c21-14(19-12(16(24)25)7-9-15(22)23)8-6-13(17(26)27)20-18(28)29-10-11-4-2-1-3-5-11/h1-5,12-13H,6-10H2,(H,19,21)(H,20,28)(H,22,23)(H,24,25)(H,26,27)/t12-,13?/m0/s1. The Hall–Kier alpha value is -3.63. The number of carboxylic acids is 3. The second kappa shape index (κ2) is 12.0. The van der Waals surface area contributed by atoms with Gasteiger partial charge in [0, 0.05) is 12.8 Å². The molecule has 0 aliphatic heterocycles. The molecule has 0 aliphatic carbocycles. The summed E-state index contributed by atoms with van der Waals surface area (Å²) in [4.78, 5) is 56.5. The number of ether oxygens (including phenoxy) is 1. The summed E-state index contributed by atoms with van der Waals surface area (Å²) in [5.74, 6) is -4.80. The molecule has 0 aromatic heterocycles. The molecule has 11 heteroatoms. The zero-order chi connectivity index (χ0) is 21.8. The van der Waals surface area contributed by atoms with E-state index in [-0.39, 0.29) is 19.4 Å². The van der Waals surface area contributed by atoms with Crippen LogP contribution in [0, 0.1) is 0 Å². The summed E-state index contributed by atoms with van der Waals surface area (Å²) in [5.41, 5.74) is 0.704. The molecule has 0 fully saturated rings. The zero-order valence-corrected chi connectivity index (χ0v) is 15.4. The van der Waals surface area contributed by atoms with E-state index in [0.29, 0.717) is 5.56 Å². The molecule has 2 amide bonds. The first-order chi connectivity index (χ1) is 13.7. The van der Waals surface area contributed by atoms with Crippen molar-refractivity contribution in [1.82, 2.24) is 10.6 Å². The highest BCUT2D eigenvalue weighted by Crippen LogP contribution is 2.04. The van der Waals surface area contributed by atoms with Crippen molar-refractivity contribution in [2.75, 3.05) is 0 Å². The van der Waals surface area contributed by atoms with Crippen molar-refractivity contribution in [2.45, 2.75) is 44.4 Å². The van der Waals surface area contributed by atoms with Crippen molar-refractivity contribution in [3.05, 3.63) is 35.9 Å². The van der Waals surface area contributed by atoms with Gasteiger partial charge in [-0.2, -0.15) is 0 Å². The third kappa shape index (κ3) is 9.75. The van der Waals surface area contributed by atoms with Crippen LogP contribution in [-0.4, -0.2) is 57.3 Å². The number of hydrogen-bond donors (Lipinski definition) is 5. The molecule has 11 nitrogen and oxygen atoms in total. The lowest BCUT2D eigenvalue weighted by Gasteiger charge is -2.16. The highest BCUT2D eigenvalue weighted by atomic mass is 16.5. The fourth-order valence-corrected chi connectivity index (χ4v) is 2.23. The van der Waals surface area contributed by atoms with E-state index in [1.165, 1.54) is 0 Å². The maximum absolute atomic E-state index is 11.9. The minimum Gasteiger partial charge on any atom is -0.481 e. The Balaban J connectivity index is 2.48. The number of aliphatic carboxylic acids is 3. The van der Waals surface area contributed by atoms with Crippen LogP contribution in [0.25, 0.3) is 0 Å². The Labute approximate surface area is 165 Å². The molecule has 1 aromatic carbocycles. The topological polar surface area (TPSA) is 179 Å². The van der Waals surface area contributed by atoms with Gasteiger partial charge in [-0.05, 0) is 18.4 Å². The molecule has 29 heavy (non-hydrogen) atoms. The largest absolute Gasteiger partial charge is 0.481 e. The van der Waals surface area contributed by atoms with E-state index in [1.54, 1.807) is 30.3 Å². The smallest absolute Gasteiger partial charge is 0.408 e. The summed E-state index contributed by atoms with van der Waals surface area (Å²) >= 11 is 0. The lowest BCUT2D eigenvalue weighted by Crippen LogP contribution is -2.44. The molecule has 1 unspecified atom stereocenters. The van der Waals surface area contributed by atoms with Gasteiger partial charge in [-0.25, -0.2) is 14.4 Å². The second-order valence-corrected chi connectivity index (χ2v) is 6.03. The Bertz CT molecular complexity index is 736. The van der Waals surface area contributed by atoms with Gasteiger partial charge in [0.1, 0.15) is 18.7 Å². The summed E-state index contributed by atoms with van der Waals surface area (Å²) in [6, 6.07) is 5.88. The number of amides is 2. The van der Waals surface area contributed by atoms with Gasteiger partial charge >= 0.3 is 24.0 Å². The molecular weight excluding hydrogens is 388 g/mol. The molecule has 0 spiro atoms. The van der Waals surface area contributed by atoms with E-state index < -0.39 is 54.8 Å². The molecule has 5 N–H and O–H groups in total. The maximum Gasteiger partial charge on any atom is 0.408 e. The summed E-state index contributed by atoms with van der Waals surface area (Å²) in [6.07, 6.45) is -2.46. The van der Waals surface area contributed by atoms with Gasteiger partial charge in [0.05, 0.1) is 0 Å². The fraction of sp³-hybridized carbons (Fsp3) is 0.389. The van der Waals surface area contributed by atoms with Crippen molar-refractivity contribution in [3.8, 4) is 0 Å². The normalized spacial score (nSPS) is 12.3. The number of carbonyl (C=O) groups excluding carboxylic acids is 2. The molecule has 0 aliphatic rings. The first-order valence-electron chi connectivity index (χ1n) is 8.63. The third-order valence-corrected chi connectivity index (χ3v) is 3.74. The Kier molecular flexibility index (Phi) is 9.65. The van der Waals surface area contributed by atoms with E-state index in [0.717, 1.165) is 0 Å². The van der Waals surface area contributed by atoms with Crippen LogP contribution >= 0.6 is 0 Å². The van der Waals surface area contributed by atoms with E-state index in [2.05, 4.69) is 10.6 Å². The van der Waals surface area contributed by atoms with Crippen molar-refractivity contribution in [3.63, 3.8) is 0 Å². The highest BCUT2D eigenvalue weighted by Gasteiger charge is 2.24. The Morgan fingerprint density at radius 2 is 1.38 bits per heavy atom. The average molecular weight is 410 g/mol. The van der Waals surface area contributed by atoms with Gasteiger partial charge in [-0.15, -0.1) is 0 Å². The molecule has 0 radical (unpaired) electrons. The lowest BCUT2D eigenvalue weighted by molar-refractivity contribution is -0.143. The second-order valence-electron chi connectivity index (χ2n) is 6.03. The first-order valence-corrected chi connectivity index (χ1v) is 8.63. The molecule has 2 atom stereocenters. The minimum absolute atomic E-state index is 0.0661. The minimum atomic E-state index is -1.42. The molecule has 1 aromatic rings. The average Bonchev–Trinajstić information content (AvgIpc) is 2.66. The molecule has 0 saturated heterocycles. The maximum atomic E-state index is 11.9. The molecule has 158 valence electrons. The van der Waals surface area contributed by atoms with Crippen LogP contribution < -0.4 is 10.6 Å². The number of rotatable bonds is 12. The number of alkyl carbamates (subject to hydrolysis) is 1. The van der Waals surface area contributed by atoms with Crippen LogP contribution in [0.5, 0.6) is 0 Å². The lowest BCUT2D eigenvalue weighted by atomic mass is 10.1. The number of benzene rings is 1. The summed E-state index contributed by atoms with van der Waals surface area (Å²) in [6.45, 7) is -0.0661. The van der Waals surface area contributed by atoms with Gasteiger partial charge in [0.25, 0.3) is 0 Å². The van der Waals surface area contributed by atoms with Crippen LogP contribution in [-0.2, 0) is 30.5 Å².